The van der Waals surface area contributed by atoms with E-state index in [0.717, 1.165) is 16.7 Å². The first kappa shape index (κ1) is 23.6. The molecule has 2 rings (SSSR count). The Bertz CT molecular complexity index is 883. The number of ketones is 1. The molecule has 0 aliphatic rings. The number of carbonyl (C=O) groups excluding carboxylic acids is 3. The Labute approximate surface area is 181 Å². The van der Waals surface area contributed by atoms with Gasteiger partial charge in [-0.15, -0.1) is 0 Å². The summed E-state index contributed by atoms with van der Waals surface area (Å²) < 4.78 is 5.05. The van der Waals surface area contributed by atoms with E-state index in [2.05, 4.69) is 5.32 Å². The van der Waals surface area contributed by atoms with Gasteiger partial charge in [-0.1, -0.05) is 54.9 Å². The van der Waals surface area contributed by atoms with Crippen molar-refractivity contribution in [2.75, 3.05) is 13.2 Å². The molecule has 3 N–H and O–H groups in total. The Morgan fingerprint density at radius 1 is 1.10 bits per heavy atom. The fraction of sp³-hybridized carbons (Fsp3) is 0.348. The second kappa shape index (κ2) is 11.5. The second-order valence-electron chi connectivity index (χ2n) is 7.10. The van der Waals surface area contributed by atoms with Crippen molar-refractivity contribution >= 4 is 29.3 Å². The molecule has 160 valence electrons. The summed E-state index contributed by atoms with van der Waals surface area (Å²) in [5, 5.41) is 3.37. The number of benzene rings is 2. The number of halogens is 1. The lowest BCUT2D eigenvalue weighted by Gasteiger charge is -2.21. The zero-order valence-corrected chi connectivity index (χ0v) is 17.9. The Hall–Kier alpha value is -2.70. The van der Waals surface area contributed by atoms with E-state index in [4.69, 9.17) is 22.1 Å². The van der Waals surface area contributed by atoms with Crippen LogP contribution in [0, 0.1) is 5.92 Å². The first-order valence-electron chi connectivity index (χ1n) is 9.89. The molecule has 0 radical (unpaired) electrons. The normalized spacial score (nSPS) is 12.7. The van der Waals surface area contributed by atoms with Crippen LogP contribution in [-0.4, -0.2) is 36.9 Å². The second-order valence-corrected chi connectivity index (χ2v) is 7.53. The average molecular weight is 431 g/mol. The summed E-state index contributed by atoms with van der Waals surface area (Å²) in [6.45, 7) is 3.41. The van der Waals surface area contributed by atoms with Crippen molar-refractivity contribution in [1.29, 1.82) is 0 Å². The van der Waals surface area contributed by atoms with Gasteiger partial charge in [0.25, 0.3) is 5.91 Å². The van der Waals surface area contributed by atoms with Crippen molar-refractivity contribution in [3.8, 4) is 11.1 Å². The number of Topliss-reactive ketones (excluding diaryl/α,β-unsaturated/α-hetero) is 1. The number of nitrogens with two attached hydrogens (primary N) is 1. The molecule has 0 fully saturated rings. The van der Waals surface area contributed by atoms with Crippen LogP contribution in [-0.2, 0) is 25.5 Å². The predicted octanol–water partition coefficient (Wildman–Crippen LogP) is 3.15. The topological polar surface area (TPSA) is 98.5 Å². The number of amides is 1. The number of rotatable bonds is 10. The predicted molar refractivity (Wildman–Crippen MR) is 117 cm³/mol. The van der Waals surface area contributed by atoms with Crippen molar-refractivity contribution < 1.29 is 19.1 Å². The van der Waals surface area contributed by atoms with Crippen molar-refractivity contribution in [1.82, 2.24) is 5.32 Å². The molecule has 2 aromatic carbocycles. The molecular weight excluding hydrogens is 404 g/mol. The number of hydrogen-bond acceptors (Lipinski definition) is 5. The van der Waals surface area contributed by atoms with Gasteiger partial charge in [-0.25, -0.2) is 0 Å². The quantitative estimate of drug-likeness (QED) is 0.445. The van der Waals surface area contributed by atoms with Crippen LogP contribution in [0.1, 0.15) is 25.8 Å². The van der Waals surface area contributed by atoms with Crippen LogP contribution in [0.5, 0.6) is 0 Å². The highest BCUT2D eigenvalue weighted by Gasteiger charge is 2.23. The Morgan fingerprint density at radius 2 is 1.80 bits per heavy atom. The van der Waals surface area contributed by atoms with E-state index in [1.807, 2.05) is 48.5 Å². The molecule has 6 nitrogen and oxygen atoms in total. The fourth-order valence-electron chi connectivity index (χ4n) is 3.15. The van der Waals surface area contributed by atoms with E-state index in [9.17, 15) is 14.4 Å². The molecular formula is C23H27ClN2O4. The third-order valence-electron chi connectivity index (χ3n) is 4.69. The molecule has 0 aromatic heterocycles. The summed E-state index contributed by atoms with van der Waals surface area (Å²) >= 11 is 6.06. The summed E-state index contributed by atoms with van der Waals surface area (Å²) in [5.74, 6) is -2.19. The van der Waals surface area contributed by atoms with E-state index in [0.29, 0.717) is 17.9 Å². The molecule has 30 heavy (non-hydrogen) atoms. The van der Waals surface area contributed by atoms with Gasteiger partial charge in [-0.2, -0.15) is 0 Å². The van der Waals surface area contributed by atoms with Crippen molar-refractivity contribution in [2.24, 2.45) is 11.7 Å². The third-order valence-corrected chi connectivity index (χ3v) is 4.93. The largest absolute Gasteiger partial charge is 0.466 e. The molecule has 1 amide bonds. The number of ether oxygens (including phenoxy) is 1. The van der Waals surface area contributed by atoms with Crippen LogP contribution in [0.15, 0.2) is 48.5 Å². The molecule has 0 bridgehead atoms. The molecule has 2 aromatic rings. The van der Waals surface area contributed by atoms with Gasteiger partial charge in [-0.05, 0) is 48.6 Å². The molecule has 2 atom stereocenters. The van der Waals surface area contributed by atoms with E-state index in [1.54, 1.807) is 13.8 Å². The van der Waals surface area contributed by atoms with Crippen LogP contribution < -0.4 is 11.1 Å². The van der Waals surface area contributed by atoms with Gasteiger partial charge in [0.15, 0.2) is 0 Å². The van der Waals surface area contributed by atoms with Crippen LogP contribution in [0.25, 0.3) is 11.1 Å². The number of carbonyl (C=O) groups is 3. The van der Waals surface area contributed by atoms with Crippen LogP contribution in [0.3, 0.4) is 0 Å². The summed E-state index contributed by atoms with van der Waals surface area (Å²) in [6, 6.07) is 15.0. The Balaban J connectivity index is 2.14. The average Bonchev–Trinajstić information content (AvgIpc) is 2.73. The van der Waals surface area contributed by atoms with Crippen molar-refractivity contribution in [3.05, 3.63) is 59.1 Å². The van der Waals surface area contributed by atoms with Gasteiger partial charge in [0.1, 0.15) is 0 Å². The van der Waals surface area contributed by atoms with Gasteiger partial charge < -0.3 is 15.8 Å². The molecule has 0 saturated carbocycles. The summed E-state index contributed by atoms with van der Waals surface area (Å²) in [5.41, 5.74) is 8.26. The van der Waals surface area contributed by atoms with E-state index in [1.165, 1.54) is 0 Å². The molecule has 7 heteroatoms. The highest BCUT2D eigenvalue weighted by molar-refractivity contribution is 6.37. The molecule has 0 aliphatic carbocycles. The van der Waals surface area contributed by atoms with E-state index >= 15 is 0 Å². The molecule has 0 heterocycles. The lowest BCUT2D eigenvalue weighted by molar-refractivity contribution is -0.148. The maximum atomic E-state index is 12.1. The number of hydrogen-bond donors (Lipinski definition) is 2. The lowest BCUT2D eigenvalue weighted by Crippen LogP contribution is -2.44. The van der Waals surface area contributed by atoms with Gasteiger partial charge in [-0.3, -0.25) is 14.4 Å². The van der Waals surface area contributed by atoms with Gasteiger partial charge in [0.05, 0.1) is 19.1 Å². The zero-order chi connectivity index (χ0) is 22.1. The summed E-state index contributed by atoms with van der Waals surface area (Å²) in [6.07, 6.45) is 0.807. The van der Waals surface area contributed by atoms with E-state index in [-0.39, 0.29) is 19.1 Å². The standard InChI is InChI=1S/C23H27ClN2O4/c1-3-30-23(29)15(2)11-20(26-22(28)21(27)14-25)12-16-7-9-17(10-8-16)18-5-4-6-19(24)13-18/h4-10,13,15,20H,3,11-12,14,25H2,1-2H3,(H,26,28)/t15?,20-/m0/s1. The van der Waals surface area contributed by atoms with Crippen LogP contribution in [0.2, 0.25) is 5.02 Å². The highest BCUT2D eigenvalue weighted by Crippen LogP contribution is 2.23. The minimum Gasteiger partial charge on any atom is -0.466 e. The molecule has 0 aliphatic heterocycles. The minimum absolute atomic E-state index is 0.289. The van der Waals surface area contributed by atoms with Gasteiger partial charge >= 0.3 is 5.97 Å². The maximum absolute atomic E-state index is 12.1. The zero-order valence-electron chi connectivity index (χ0n) is 17.2. The van der Waals surface area contributed by atoms with Crippen molar-refractivity contribution in [3.63, 3.8) is 0 Å². The Kier molecular flexibility index (Phi) is 9.02. The minimum atomic E-state index is -0.742. The molecule has 0 spiro atoms. The van der Waals surface area contributed by atoms with Gasteiger partial charge in [0.2, 0.25) is 5.78 Å². The Morgan fingerprint density at radius 3 is 2.40 bits per heavy atom. The first-order chi connectivity index (χ1) is 14.3. The first-order valence-corrected chi connectivity index (χ1v) is 10.3. The van der Waals surface area contributed by atoms with Crippen LogP contribution in [0.4, 0.5) is 0 Å². The van der Waals surface area contributed by atoms with Gasteiger partial charge in [0, 0.05) is 11.1 Å². The lowest BCUT2D eigenvalue weighted by atomic mass is 9.94. The fourth-order valence-corrected chi connectivity index (χ4v) is 3.34. The summed E-state index contributed by atoms with van der Waals surface area (Å²) in [7, 11) is 0. The van der Waals surface area contributed by atoms with Crippen molar-refractivity contribution in [2.45, 2.75) is 32.7 Å². The summed E-state index contributed by atoms with van der Waals surface area (Å²) in [4.78, 5) is 35.7. The smallest absolute Gasteiger partial charge is 0.308 e. The SMILES string of the molecule is CCOC(=O)C(C)C[C@@H](Cc1ccc(-c2cccc(Cl)c2)cc1)NC(=O)C(=O)CN. The van der Waals surface area contributed by atoms with E-state index < -0.39 is 23.7 Å². The molecule has 1 unspecified atom stereocenters. The number of esters is 1. The third kappa shape index (κ3) is 6.97. The maximum Gasteiger partial charge on any atom is 0.308 e. The molecule has 0 saturated heterocycles. The highest BCUT2D eigenvalue weighted by atomic mass is 35.5. The number of nitrogens with one attached hydrogen (secondary N) is 1. The van der Waals surface area contributed by atoms with Crippen LogP contribution >= 0.6 is 11.6 Å². The monoisotopic (exact) mass is 430 g/mol.